The van der Waals surface area contributed by atoms with E-state index in [2.05, 4.69) is 248 Å². The van der Waals surface area contributed by atoms with Gasteiger partial charge in [0, 0.05) is 33.9 Å². The van der Waals surface area contributed by atoms with E-state index < -0.39 is 0 Å². The molecule has 0 amide bonds. The van der Waals surface area contributed by atoms with Crippen LogP contribution in [0.3, 0.4) is 0 Å². The van der Waals surface area contributed by atoms with E-state index in [-0.39, 0.29) is 23.4 Å². The fraction of sp³-hybridized carbons (Fsp3) is 0.213. The summed E-state index contributed by atoms with van der Waals surface area (Å²) >= 11 is 0. The van der Waals surface area contributed by atoms with Crippen molar-refractivity contribution in [2.24, 2.45) is 20.9 Å². The molecule has 0 radical (unpaired) electrons. The average molecular weight is 1020 g/mol. The average Bonchev–Trinajstić information content (AvgIpc) is 3.51. The molecule has 0 aromatic heterocycles. The van der Waals surface area contributed by atoms with Gasteiger partial charge in [0.05, 0.1) is 12.1 Å². The SMILES string of the molecule is C=CC(N=C(c1ccccc1)C(C)C/C=C(/CC)c1ccccc1)c1cccc2c3c(c4ccc(-c5ccc6c(c5)-c5c(C(C)=NC(=NC(C)c7ccccc7)c7ccccc7)cccc5C6(C)C)cc4c12)=CC=3.CC.CC. The van der Waals surface area contributed by atoms with Crippen molar-refractivity contribution in [1.82, 2.24) is 0 Å². The molecule has 390 valence electrons. The predicted molar refractivity (Wildman–Crippen MR) is 340 cm³/mol. The van der Waals surface area contributed by atoms with E-state index in [0.717, 1.165) is 57.9 Å². The molecule has 0 heterocycles. The van der Waals surface area contributed by atoms with Gasteiger partial charge in [-0.15, -0.1) is 6.58 Å². The van der Waals surface area contributed by atoms with Crippen LogP contribution in [0.1, 0.15) is 139 Å². The van der Waals surface area contributed by atoms with Crippen LogP contribution in [0.25, 0.3) is 61.5 Å². The Kier molecular flexibility index (Phi) is 17.0. The third-order valence-electron chi connectivity index (χ3n) is 15.6. The van der Waals surface area contributed by atoms with E-state index in [4.69, 9.17) is 15.0 Å². The highest BCUT2D eigenvalue weighted by atomic mass is 14.9. The standard InChI is InChI=1S/C71H63N3.2C2H6/c1-8-49(51-26-16-11-17-27-51)37-36-46(3)69(52-28-18-12-19-29-52)74-66(9-2)61-34-22-33-60-58-42-41-57(58)59-40-38-54(44-62(59)67(60)61)55-39-43-64-63(45-55)68-56(32-23-35-65(68)71(64,6)7)48(5)73-70(53-30-20-13-21-31-53)72-47(4)50-24-14-10-15-25-50;2*1-2/h9-35,37-47,66H,2,8,36H2,1,3-7H3;2*1-2H3/b49-37-,72-70?,73-48?,74-69?;;. The summed E-state index contributed by atoms with van der Waals surface area (Å²) < 4.78 is 0. The first-order valence-corrected chi connectivity index (χ1v) is 28.4. The second-order valence-corrected chi connectivity index (χ2v) is 20.6. The normalized spacial score (nSPS) is 14.6. The molecule has 2 aliphatic carbocycles. The van der Waals surface area contributed by atoms with Gasteiger partial charge in [0.1, 0.15) is 0 Å². The van der Waals surface area contributed by atoms with E-state index in [0.29, 0.717) is 0 Å². The molecular formula is C75H75N3. The fourth-order valence-corrected chi connectivity index (χ4v) is 11.5. The molecule has 0 bridgehead atoms. The van der Waals surface area contributed by atoms with E-state index in [9.17, 15) is 0 Å². The second kappa shape index (κ2) is 24.4. The molecule has 9 aromatic rings. The molecule has 9 aromatic carbocycles. The zero-order chi connectivity index (χ0) is 54.9. The zero-order valence-corrected chi connectivity index (χ0v) is 47.5. The zero-order valence-electron chi connectivity index (χ0n) is 47.5. The minimum atomic E-state index is -0.273. The molecular weight excluding hydrogens is 943 g/mol. The van der Waals surface area contributed by atoms with Gasteiger partial charge in [-0.25, -0.2) is 4.99 Å². The first-order chi connectivity index (χ1) is 38.1. The summed E-state index contributed by atoms with van der Waals surface area (Å²) in [5.74, 6) is 0.897. The van der Waals surface area contributed by atoms with Gasteiger partial charge in [0.2, 0.25) is 0 Å². The Morgan fingerprint density at radius 3 is 1.81 bits per heavy atom. The minimum absolute atomic E-state index is 0.0625. The van der Waals surface area contributed by atoms with Crippen molar-refractivity contribution in [3.63, 3.8) is 0 Å². The molecule has 0 aliphatic heterocycles. The molecule has 0 fully saturated rings. The molecule has 78 heavy (non-hydrogen) atoms. The molecule has 0 saturated carbocycles. The summed E-state index contributed by atoms with van der Waals surface area (Å²) in [6, 6.07) is 69.7. The maximum Gasteiger partial charge on any atom is 0.155 e. The van der Waals surface area contributed by atoms with Crippen LogP contribution in [0.4, 0.5) is 0 Å². The lowest BCUT2D eigenvalue weighted by molar-refractivity contribution is 0.660. The number of nitrogens with zero attached hydrogens (tertiary/aromatic N) is 3. The predicted octanol–water partition coefficient (Wildman–Crippen LogP) is 18.8. The number of rotatable bonds is 14. The van der Waals surface area contributed by atoms with Crippen LogP contribution >= 0.6 is 0 Å². The maximum atomic E-state index is 5.71. The summed E-state index contributed by atoms with van der Waals surface area (Å²) in [6.45, 7) is 26.0. The van der Waals surface area contributed by atoms with Crippen LogP contribution in [0.15, 0.2) is 228 Å². The highest BCUT2D eigenvalue weighted by Gasteiger charge is 2.37. The van der Waals surface area contributed by atoms with Gasteiger partial charge in [-0.1, -0.05) is 262 Å². The summed E-state index contributed by atoms with van der Waals surface area (Å²) in [5, 5.41) is 7.56. The Hall–Kier alpha value is -8.27. The van der Waals surface area contributed by atoms with Gasteiger partial charge in [-0.3, -0.25) is 9.98 Å². The molecule has 0 spiro atoms. The van der Waals surface area contributed by atoms with Crippen LogP contribution in [0, 0.1) is 5.92 Å². The monoisotopic (exact) mass is 1020 g/mol. The highest BCUT2D eigenvalue weighted by molar-refractivity contribution is 6.16. The van der Waals surface area contributed by atoms with Crippen molar-refractivity contribution >= 4 is 56.5 Å². The number of benzene rings is 9. The van der Waals surface area contributed by atoms with Gasteiger partial charge in [0.15, 0.2) is 5.84 Å². The highest BCUT2D eigenvalue weighted by Crippen LogP contribution is 2.51. The lowest BCUT2D eigenvalue weighted by atomic mass is 9.81. The van der Waals surface area contributed by atoms with Crippen molar-refractivity contribution in [3.05, 3.63) is 268 Å². The van der Waals surface area contributed by atoms with Crippen molar-refractivity contribution in [2.75, 3.05) is 0 Å². The molecule has 3 atom stereocenters. The smallest absolute Gasteiger partial charge is 0.155 e. The fourth-order valence-electron chi connectivity index (χ4n) is 11.5. The van der Waals surface area contributed by atoms with Crippen LogP contribution in [-0.4, -0.2) is 17.3 Å². The first kappa shape index (κ1) is 54.5. The van der Waals surface area contributed by atoms with Gasteiger partial charge in [-0.2, -0.15) is 0 Å². The Morgan fingerprint density at radius 2 is 1.17 bits per heavy atom. The van der Waals surface area contributed by atoms with Crippen molar-refractivity contribution in [2.45, 2.75) is 99.6 Å². The van der Waals surface area contributed by atoms with Crippen molar-refractivity contribution in [1.29, 1.82) is 0 Å². The van der Waals surface area contributed by atoms with Gasteiger partial charge in [-0.05, 0) is 132 Å². The maximum absolute atomic E-state index is 5.71. The van der Waals surface area contributed by atoms with Crippen LogP contribution in [0.2, 0.25) is 0 Å². The quantitative estimate of drug-likeness (QED) is 0.0451. The molecule has 3 unspecified atom stereocenters. The third kappa shape index (κ3) is 10.7. The number of fused-ring (bicyclic) bond motifs is 9. The van der Waals surface area contributed by atoms with Gasteiger partial charge >= 0.3 is 0 Å². The van der Waals surface area contributed by atoms with Crippen LogP contribution < -0.4 is 10.4 Å². The topological polar surface area (TPSA) is 37.1 Å². The molecule has 0 saturated heterocycles. The van der Waals surface area contributed by atoms with E-state index >= 15 is 0 Å². The Labute approximate surface area is 464 Å². The third-order valence-corrected chi connectivity index (χ3v) is 15.6. The summed E-state index contributed by atoms with van der Waals surface area (Å²) in [7, 11) is 0. The molecule has 3 heteroatoms. The molecule has 11 rings (SSSR count). The van der Waals surface area contributed by atoms with Crippen molar-refractivity contribution < 1.29 is 0 Å². The lowest BCUT2D eigenvalue weighted by Gasteiger charge is -2.22. The van der Waals surface area contributed by atoms with Gasteiger partial charge in [0.25, 0.3) is 0 Å². The Morgan fingerprint density at radius 1 is 0.577 bits per heavy atom. The summed E-state index contributed by atoms with van der Waals surface area (Å²) in [4.78, 5) is 16.4. The van der Waals surface area contributed by atoms with Crippen LogP contribution in [-0.2, 0) is 5.41 Å². The molecule has 0 N–H and O–H groups in total. The number of amidine groups is 1. The molecule has 3 nitrogen and oxygen atoms in total. The second-order valence-electron chi connectivity index (χ2n) is 20.6. The molecule has 2 aliphatic rings. The summed E-state index contributed by atoms with van der Waals surface area (Å²) in [6.07, 6.45) is 10.8. The van der Waals surface area contributed by atoms with E-state index in [1.165, 1.54) is 76.5 Å². The van der Waals surface area contributed by atoms with Crippen LogP contribution in [0.5, 0.6) is 0 Å². The Balaban J connectivity index is 0.00000181. The number of aliphatic imine (C=N–C) groups is 3. The Bertz CT molecular complexity index is 3860. The van der Waals surface area contributed by atoms with Gasteiger partial charge < -0.3 is 0 Å². The summed E-state index contributed by atoms with van der Waals surface area (Å²) in [5.41, 5.74) is 17.5. The number of hydrogen-bond donors (Lipinski definition) is 0. The van der Waals surface area contributed by atoms with E-state index in [1.54, 1.807) is 0 Å². The minimum Gasteiger partial charge on any atom is -0.277 e. The van der Waals surface area contributed by atoms with E-state index in [1.807, 2.05) is 45.9 Å². The van der Waals surface area contributed by atoms with Crippen molar-refractivity contribution in [3.8, 4) is 22.3 Å². The largest absolute Gasteiger partial charge is 0.277 e. The lowest BCUT2D eigenvalue weighted by Crippen LogP contribution is -2.32. The first-order valence-electron chi connectivity index (χ1n) is 28.4. The number of allylic oxidation sites excluding steroid dienone is 2. The number of hydrogen-bond acceptors (Lipinski definition) is 2.